The van der Waals surface area contributed by atoms with E-state index < -0.39 is 22.9 Å². The first kappa shape index (κ1) is 23.4. The molecular weight excluding hydrogens is 442 g/mol. The van der Waals surface area contributed by atoms with Crippen molar-refractivity contribution in [3.63, 3.8) is 0 Å². The number of carbonyl (C=O) groups is 1. The summed E-state index contributed by atoms with van der Waals surface area (Å²) >= 11 is 0. The summed E-state index contributed by atoms with van der Waals surface area (Å²) in [7, 11) is 0. The van der Waals surface area contributed by atoms with Crippen LogP contribution >= 0.6 is 0 Å². The van der Waals surface area contributed by atoms with Crippen molar-refractivity contribution in [2.75, 3.05) is 24.5 Å². The van der Waals surface area contributed by atoms with Gasteiger partial charge in [0.15, 0.2) is 0 Å². The Balaban J connectivity index is 1.87. The smallest absolute Gasteiger partial charge is 0.331 e. The van der Waals surface area contributed by atoms with Crippen LogP contribution in [0.3, 0.4) is 0 Å². The zero-order valence-corrected chi connectivity index (χ0v) is 19.1. The summed E-state index contributed by atoms with van der Waals surface area (Å²) in [5.74, 6) is -1.97. The van der Waals surface area contributed by atoms with Crippen molar-refractivity contribution in [3.05, 3.63) is 97.8 Å². The molecule has 178 valence electrons. The van der Waals surface area contributed by atoms with Crippen molar-refractivity contribution in [3.8, 4) is 0 Å². The number of rotatable bonds is 6. The van der Waals surface area contributed by atoms with Crippen LogP contribution in [0.2, 0.25) is 0 Å². The first-order valence-corrected chi connectivity index (χ1v) is 11.1. The maximum absolute atomic E-state index is 14.4. The average molecular weight is 469 g/mol. The quantitative estimate of drug-likeness (QED) is 0.603. The second-order valence-corrected chi connectivity index (χ2v) is 8.50. The molecule has 1 aliphatic heterocycles. The van der Waals surface area contributed by atoms with Crippen LogP contribution in [-0.4, -0.2) is 34.7 Å². The van der Waals surface area contributed by atoms with Crippen LogP contribution in [0.25, 0.3) is 0 Å². The van der Waals surface area contributed by atoms with Gasteiger partial charge in [0.1, 0.15) is 17.3 Å². The fourth-order valence-corrected chi connectivity index (χ4v) is 4.33. The van der Waals surface area contributed by atoms with Gasteiger partial charge in [-0.1, -0.05) is 43.3 Å². The zero-order chi connectivity index (χ0) is 24.4. The number of nitrogens with zero attached hydrogens (tertiary/aromatic N) is 3. The molecule has 0 bridgehead atoms. The van der Waals surface area contributed by atoms with E-state index in [0.29, 0.717) is 13.1 Å². The largest absolute Gasteiger partial charge is 0.355 e. The van der Waals surface area contributed by atoms with Crippen molar-refractivity contribution in [1.82, 2.24) is 14.5 Å². The molecule has 1 amide bonds. The van der Waals surface area contributed by atoms with Gasteiger partial charge in [-0.3, -0.25) is 18.7 Å². The van der Waals surface area contributed by atoms with Gasteiger partial charge in [-0.05, 0) is 30.5 Å². The highest BCUT2D eigenvalue weighted by atomic mass is 19.1. The minimum Gasteiger partial charge on any atom is -0.355 e. The maximum Gasteiger partial charge on any atom is 0.331 e. The number of benzene rings is 2. The summed E-state index contributed by atoms with van der Waals surface area (Å²) in [6.07, 6.45) is 0. The Morgan fingerprint density at radius 3 is 2.29 bits per heavy atom. The van der Waals surface area contributed by atoms with Crippen molar-refractivity contribution in [2.45, 2.75) is 32.9 Å². The van der Waals surface area contributed by atoms with Gasteiger partial charge in [0.2, 0.25) is 5.91 Å². The normalized spacial score (nSPS) is 14.7. The molecule has 0 unspecified atom stereocenters. The number of piperazine rings is 1. The molecule has 0 radical (unpaired) electrons. The Morgan fingerprint density at radius 1 is 0.971 bits per heavy atom. The molecule has 4 rings (SSSR count). The Labute approximate surface area is 195 Å². The van der Waals surface area contributed by atoms with E-state index in [9.17, 15) is 23.2 Å². The summed E-state index contributed by atoms with van der Waals surface area (Å²) in [6, 6.07) is 13.0. The molecule has 1 aliphatic rings. The highest BCUT2D eigenvalue weighted by Crippen LogP contribution is 2.20. The predicted octanol–water partition coefficient (Wildman–Crippen LogP) is 2.38. The van der Waals surface area contributed by atoms with Crippen LogP contribution in [0.1, 0.15) is 29.7 Å². The molecule has 1 N–H and O–H groups in total. The number of hydrogen-bond donors (Lipinski definition) is 1. The van der Waals surface area contributed by atoms with E-state index in [-0.39, 0.29) is 48.4 Å². The molecule has 1 atom stereocenters. The lowest BCUT2D eigenvalue weighted by Crippen LogP contribution is -2.52. The number of aromatic nitrogens is 2. The number of carbonyl (C=O) groups excluding carboxylic acids is 1. The molecule has 1 fully saturated rings. The third-order valence-corrected chi connectivity index (χ3v) is 6.21. The SMILES string of the molecule is Cc1c(N2CCNC(=O)C2)c(=O)n(C[C@H](C)c2ccccc2)c(=O)n1Cc1c(F)cccc1F. The molecule has 7 nitrogen and oxygen atoms in total. The molecule has 3 aromatic rings. The molecule has 0 saturated carbocycles. The minimum absolute atomic E-state index is 0.0451. The molecule has 9 heteroatoms. The Bertz CT molecular complexity index is 1310. The Hall–Kier alpha value is -3.75. The van der Waals surface area contributed by atoms with Crippen molar-refractivity contribution in [1.29, 1.82) is 0 Å². The van der Waals surface area contributed by atoms with Gasteiger partial charge in [0.05, 0.1) is 13.1 Å². The maximum atomic E-state index is 14.4. The summed E-state index contributed by atoms with van der Waals surface area (Å²) in [5, 5.41) is 2.71. The van der Waals surface area contributed by atoms with Crippen molar-refractivity contribution < 1.29 is 13.6 Å². The Morgan fingerprint density at radius 2 is 1.65 bits per heavy atom. The van der Waals surface area contributed by atoms with Crippen molar-refractivity contribution in [2.24, 2.45) is 0 Å². The highest BCUT2D eigenvalue weighted by Gasteiger charge is 2.26. The van der Waals surface area contributed by atoms with E-state index in [1.54, 1.807) is 11.8 Å². The standard InChI is InChI=1S/C25H26F2N4O3/c1-16(18-7-4-3-5-8-18)13-31-24(33)23(29-12-11-28-22(32)15-29)17(2)30(25(31)34)14-19-20(26)9-6-10-21(19)27/h3-10,16H,11-15H2,1-2H3,(H,28,32)/t16-/m0/s1. The first-order chi connectivity index (χ1) is 16.3. The van der Waals surface area contributed by atoms with E-state index in [4.69, 9.17) is 0 Å². The minimum atomic E-state index is -0.777. The first-order valence-electron chi connectivity index (χ1n) is 11.1. The molecule has 0 spiro atoms. The highest BCUT2D eigenvalue weighted by molar-refractivity contribution is 5.82. The molecule has 2 heterocycles. The number of halogens is 2. The topological polar surface area (TPSA) is 76.3 Å². The van der Waals surface area contributed by atoms with Crippen LogP contribution in [0.15, 0.2) is 58.1 Å². The van der Waals surface area contributed by atoms with Crippen LogP contribution in [0, 0.1) is 18.6 Å². The van der Waals surface area contributed by atoms with E-state index in [1.807, 2.05) is 37.3 Å². The third-order valence-electron chi connectivity index (χ3n) is 6.21. The van der Waals surface area contributed by atoms with Gasteiger partial charge in [0.25, 0.3) is 5.56 Å². The van der Waals surface area contributed by atoms with E-state index >= 15 is 0 Å². The second kappa shape index (κ2) is 9.62. The van der Waals surface area contributed by atoms with Crippen LogP contribution in [0.4, 0.5) is 14.5 Å². The molecule has 34 heavy (non-hydrogen) atoms. The fraction of sp³-hybridized carbons (Fsp3) is 0.320. The zero-order valence-electron chi connectivity index (χ0n) is 19.1. The predicted molar refractivity (Wildman–Crippen MR) is 125 cm³/mol. The Kier molecular flexibility index (Phi) is 6.63. The molecule has 1 saturated heterocycles. The number of amides is 1. The van der Waals surface area contributed by atoms with Crippen LogP contribution in [-0.2, 0) is 17.9 Å². The summed E-state index contributed by atoms with van der Waals surface area (Å²) in [5.41, 5.74) is -0.0536. The second-order valence-electron chi connectivity index (χ2n) is 8.50. The van der Waals surface area contributed by atoms with Gasteiger partial charge in [-0.15, -0.1) is 0 Å². The lowest BCUT2D eigenvalue weighted by molar-refractivity contribution is -0.120. The lowest BCUT2D eigenvalue weighted by Gasteiger charge is -2.31. The van der Waals surface area contributed by atoms with Gasteiger partial charge < -0.3 is 10.2 Å². The monoisotopic (exact) mass is 468 g/mol. The van der Waals surface area contributed by atoms with E-state index in [0.717, 1.165) is 22.3 Å². The van der Waals surface area contributed by atoms with E-state index in [2.05, 4.69) is 5.32 Å². The average Bonchev–Trinajstić information content (AvgIpc) is 2.81. The molecule has 2 aromatic carbocycles. The molecule has 0 aliphatic carbocycles. The summed E-state index contributed by atoms with van der Waals surface area (Å²) < 4.78 is 31.2. The lowest BCUT2D eigenvalue weighted by atomic mass is 10.0. The molecule has 1 aromatic heterocycles. The summed E-state index contributed by atoms with van der Waals surface area (Å²) in [6.45, 7) is 3.84. The van der Waals surface area contributed by atoms with Crippen LogP contribution in [0.5, 0.6) is 0 Å². The number of anilines is 1. The van der Waals surface area contributed by atoms with Crippen LogP contribution < -0.4 is 21.5 Å². The van der Waals surface area contributed by atoms with Gasteiger partial charge in [-0.2, -0.15) is 0 Å². The number of hydrogen-bond acceptors (Lipinski definition) is 4. The fourth-order valence-electron chi connectivity index (χ4n) is 4.33. The van der Waals surface area contributed by atoms with Gasteiger partial charge >= 0.3 is 5.69 Å². The summed E-state index contributed by atoms with van der Waals surface area (Å²) in [4.78, 5) is 40.7. The van der Waals surface area contributed by atoms with Gasteiger partial charge in [-0.25, -0.2) is 13.6 Å². The third kappa shape index (κ3) is 4.50. The molecular formula is C25H26F2N4O3. The van der Waals surface area contributed by atoms with Crippen molar-refractivity contribution >= 4 is 11.6 Å². The van der Waals surface area contributed by atoms with Gasteiger partial charge in [0, 0.05) is 30.9 Å². The number of nitrogens with one attached hydrogen (secondary N) is 1. The van der Waals surface area contributed by atoms with E-state index in [1.165, 1.54) is 10.6 Å².